The van der Waals surface area contributed by atoms with Crippen LogP contribution in [0, 0.1) is 23.7 Å². The first-order valence-corrected chi connectivity index (χ1v) is 27.1. The molecule has 8 amide bonds. The van der Waals surface area contributed by atoms with E-state index in [0.29, 0.717) is 50.6 Å². The maximum atomic E-state index is 13.5. The molecule has 24 heteroatoms. The van der Waals surface area contributed by atoms with Crippen LogP contribution < -0.4 is 31.9 Å². The molecule has 4 aliphatic heterocycles. The highest BCUT2D eigenvalue weighted by Gasteiger charge is 2.56. The molecule has 6 N–H and O–H groups in total. The lowest BCUT2D eigenvalue weighted by atomic mass is 9.79. The van der Waals surface area contributed by atoms with Crippen LogP contribution in [0.5, 0.6) is 0 Å². The van der Waals surface area contributed by atoms with Crippen molar-refractivity contribution in [2.45, 2.75) is 120 Å². The summed E-state index contributed by atoms with van der Waals surface area (Å²) >= 11 is 1.65. The standard InChI is InChI=1S/C44H70N8O14S2/c1-68(61,62)51-18-14-29(25-51)39(56)47-31(40(57)50-44-48-32(27-67-44)28-7-3-2-4-8-28)15-20-63-19-6-11-35(53)45-16-21-64-23-24-65-22-17-46-37(55)26-66-34-10-5-9-30-38(34)43(60)52(42(30)59)33-12-13-36(54)49-41(33)58/h28-34,38,44,48H,2-27H2,1H3,(H,45,53)(H,46,55)(H,47,56)(H,50,57)(H,49,54,58)/t29?,30?,31-,32?,33?,34?,38?,44?/m0/s1. The third-order valence-corrected chi connectivity index (χ3v) is 16.0. The fourth-order valence-corrected chi connectivity index (χ4v) is 12.0. The van der Waals surface area contributed by atoms with E-state index in [2.05, 4.69) is 31.9 Å². The molecule has 2 aliphatic carbocycles. The number of carbonyl (C=O) groups excluding carboxylic acids is 8. The van der Waals surface area contributed by atoms with Gasteiger partial charge in [0.25, 0.3) is 0 Å². The van der Waals surface area contributed by atoms with Gasteiger partial charge >= 0.3 is 0 Å². The van der Waals surface area contributed by atoms with Crippen molar-refractivity contribution in [2.75, 3.05) is 84.4 Å². The number of sulfonamides is 1. The molecule has 22 nitrogen and oxygen atoms in total. The number of hydrogen-bond acceptors (Lipinski definition) is 16. The summed E-state index contributed by atoms with van der Waals surface area (Å²) < 4.78 is 47.9. The first kappa shape index (κ1) is 53.6. The summed E-state index contributed by atoms with van der Waals surface area (Å²) in [6.07, 6.45) is 9.51. The zero-order valence-corrected chi connectivity index (χ0v) is 40.6. The van der Waals surface area contributed by atoms with Gasteiger partial charge in [0.1, 0.15) is 24.2 Å². The third kappa shape index (κ3) is 15.6. The Labute approximate surface area is 402 Å². The number of hydrogen-bond donors (Lipinski definition) is 6. The van der Waals surface area contributed by atoms with Crippen molar-refractivity contribution in [1.82, 2.24) is 41.1 Å². The molecule has 6 aliphatic rings. The molecule has 8 atom stereocenters. The Hall–Kier alpha value is -3.78. The van der Waals surface area contributed by atoms with Crippen molar-refractivity contribution >= 4 is 69.0 Å². The number of rotatable bonds is 26. The van der Waals surface area contributed by atoms with E-state index in [4.69, 9.17) is 18.9 Å². The van der Waals surface area contributed by atoms with Gasteiger partial charge < -0.3 is 40.2 Å². The number of ether oxygens (including phenoxy) is 4. The van der Waals surface area contributed by atoms with Gasteiger partial charge in [-0.15, -0.1) is 11.8 Å². The second kappa shape index (κ2) is 26.4. The predicted molar refractivity (Wildman–Crippen MR) is 245 cm³/mol. The highest BCUT2D eigenvalue weighted by molar-refractivity contribution is 8.00. The number of likely N-dealkylation sites (tertiary alicyclic amines) is 1. The molecule has 6 fully saturated rings. The molecule has 6 rings (SSSR count). The summed E-state index contributed by atoms with van der Waals surface area (Å²) in [7, 11) is -3.43. The predicted octanol–water partition coefficient (Wildman–Crippen LogP) is -1.13. The van der Waals surface area contributed by atoms with Crippen LogP contribution in [0.15, 0.2) is 0 Å². The first-order chi connectivity index (χ1) is 32.7. The minimum atomic E-state index is -3.43. The largest absolute Gasteiger partial charge is 0.381 e. The SMILES string of the molecule is CS(=O)(=O)N1CCC(C(=O)N[C@@H](CCOCCCC(=O)NCCOCCOCCNC(=O)COC2CCCC3C(=O)N(C4CCC(=O)NC4=O)C(=O)C23)C(=O)NC2NC(C3CCCCC3)CS2)C1. The minimum absolute atomic E-state index is 0.0412. The maximum Gasteiger partial charge on any atom is 0.249 e. The van der Waals surface area contributed by atoms with Gasteiger partial charge in [0.05, 0.1) is 56.5 Å². The van der Waals surface area contributed by atoms with Gasteiger partial charge in [-0.25, -0.2) is 12.7 Å². The molecular formula is C44H70N8O14S2. The van der Waals surface area contributed by atoms with Gasteiger partial charge in [-0.05, 0) is 57.3 Å². The van der Waals surface area contributed by atoms with Gasteiger partial charge in [-0.3, -0.25) is 53.9 Å². The van der Waals surface area contributed by atoms with E-state index < -0.39 is 75.5 Å². The molecule has 4 saturated heterocycles. The van der Waals surface area contributed by atoms with Crippen molar-refractivity contribution in [3.05, 3.63) is 0 Å². The minimum Gasteiger partial charge on any atom is -0.381 e. The molecular weight excluding hydrogens is 929 g/mol. The van der Waals surface area contributed by atoms with E-state index >= 15 is 0 Å². The van der Waals surface area contributed by atoms with Crippen molar-refractivity contribution in [2.24, 2.45) is 23.7 Å². The Bertz CT molecular complexity index is 1910. The summed E-state index contributed by atoms with van der Waals surface area (Å²) in [4.78, 5) is 103. The molecule has 2 saturated carbocycles. The van der Waals surface area contributed by atoms with Crippen LogP contribution in [0.2, 0.25) is 0 Å². The lowest BCUT2D eigenvalue weighted by Gasteiger charge is -2.30. The van der Waals surface area contributed by atoms with Gasteiger partial charge in [0.2, 0.25) is 57.3 Å². The molecule has 0 bridgehead atoms. The number of thioether (sulfide) groups is 1. The number of amides is 8. The van der Waals surface area contributed by atoms with Crippen LogP contribution in [-0.2, 0) is 67.3 Å². The molecule has 382 valence electrons. The summed E-state index contributed by atoms with van der Waals surface area (Å²) in [5, 5.41) is 17.1. The van der Waals surface area contributed by atoms with Crippen LogP contribution in [0.3, 0.4) is 0 Å². The lowest BCUT2D eigenvalue weighted by Crippen LogP contribution is -2.54. The topological polar surface area (TPSA) is 286 Å². The Morgan fingerprint density at radius 3 is 2.25 bits per heavy atom. The third-order valence-electron chi connectivity index (χ3n) is 13.5. The summed E-state index contributed by atoms with van der Waals surface area (Å²) in [5.41, 5.74) is -0.273. The van der Waals surface area contributed by atoms with Gasteiger partial charge in [-0.1, -0.05) is 25.7 Å². The van der Waals surface area contributed by atoms with Crippen LogP contribution in [0.25, 0.3) is 0 Å². The van der Waals surface area contributed by atoms with E-state index in [1.807, 2.05) is 0 Å². The first-order valence-electron chi connectivity index (χ1n) is 24.2. The van der Waals surface area contributed by atoms with Crippen LogP contribution >= 0.6 is 11.8 Å². The van der Waals surface area contributed by atoms with E-state index in [0.717, 1.165) is 16.9 Å². The lowest BCUT2D eigenvalue weighted by molar-refractivity contribution is -0.152. The van der Waals surface area contributed by atoms with E-state index in [9.17, 15) is 46.8 Å². The van der Waals surface area contributed by atoms with Crippen LogP contribution in [0.4, 0.5) is 0 Å². The second-order valence-corrected chi connectivity index (χ2v) is 21.5. The number of fused-ring (bicyclic) bond motifs is 1. The molecule has 0 aromatic rings. The average molecular weight is 999 g/mol. The van der Waals surface area contributed by atoms with Crippen molar-refractivity contribution in [3.63, 3.8) is 0 Å². The number of piperidine rings is 1. The molecule has 4 heterocycles. The quantitative estimate of drug-likeness (QED) is 0.0442. The monoisotopic (exact) mass is 998 g/mol. The molecule has 0 aromatic carbocycles. The van der Waals surface area contributed by atoms with Gasteiger partial charge in [0.15, 0.2) is 0 Å². The van der Waals surface area contributed by atoms with Gasteiger partial charge in [-0.2, -0.15) is 0 Å². The summed E-state index contributed by atoms with van der Waals surface area (Å²) in [6, 6.07) is -1.58. The fourth-order valence-electron chi connectivity index (χ4n) is 9.86. The Morgan fingerprint density at radius 1 is 0.824 bits per heavy atom. The van der Waals surface area contributed by atoms with E-state index in [1.54, 1.807) is 11.8 Å². The number of nitrogens with one attached hydrogen (secondary N) is 6. The van der Waals surface area contributed by atoms with Crippen LogP contribution in [0.1, 0.15) is 89.9 Å². The van der Waals surface area contributed by atoms with Crippen molar-refractivity contribution in [1.29, 1.82) is 0 Å². The molecule has 0 spiro atoms. The zero-order valence-electron chi connectivity index (χ0n) is 39.0. The normalized spacial score (nSPS) is 27.4. The Kier molecular flexibility index (Phi) is 20.8. The highest BCUT2D eigenvalue weighted by atomic mass is 32.2. The summed E-state index contributed by atoms with van der Waals surface area (Å²) in [6.45, 7) is 1.95. The van der Waals surface area contributed by atoms with E-state index in [1.165, 1.54) is 36.4 Å². The second-order valence-electron chi connectivity index (χ2n) is 18.4. The zero-order chi connectivity index (χ0) is 48.6. The molecule has 0 radical (unpaired) electrons. The number of imide groups is 2. The highest BCUT2D eigenvalue weighted by Crippen LogP contribution is 2.41. The number of carbonyl (C=O) groups is 8. The molecule has 0 aromatic heterocycles. The Balaban J connectivity index is 0.775. The van der Waals surface area contributed by atoms with Crippen molar-refractivity contribution < 1.29 is 65.7 Å². The fraction of sp³-hybridized carbons (Fsp3) is 0.818. The van der Waals surface area contributed by atoms with E-state index in [-0.39, 0.29) is 115 Å². The maximum absolute atomic E-state index is 13.5. The van der Waals surface area contributed by atoms with Crippen molar-refractivity contribution in [3.8, 4) is 0 Å². The number of nitrogens with zero attached hydrogens (tertiary/aromatic N) is 2. The summed E-state index contributed by atoms with van der Waals surface area (Å²) in [5.74, 6) is -3.80. The van der Waals surface area contributed by atoms with Crippen LogP contribution in [-0.4, -0.2) is 179 Å². The smallest absolute Gasteiger partial charge is 0.249 e. The Morgan fingerprint density at radius 2 is 1.54 bits per heavy atom. The molecule has 68 heavy (non-hydrogen) atoms. The van der Waals surface area contributed by atoms with Gasteiger partial charge in [0, 0.05) is 64.0 Å². The molecule has 7 unspecified atom stereocenters. The average Bonchev–Trinajstić information content (AvgIpc) is 4.07.